The fourth-order valence-corrected chi connectivity index (χ4v) is 2.65. The molecule has 1 aromatic heterocycles. The van der Waals surface area contributed by atoms with Crippen molar-refractivity contribution in [3.05, 3.63) is 36.0 Å². The molecule has 0 bridgehead atoms. The Kier molecular flexibility index (Phi) is 6.70. The molecule has 0 aliphatic rings. The lowest BCUT2D eigenvalue weighted by atomic mass is 10.1. The highest BCUT2D eigenvalue weighted by atomic mass is 32.2. The van der Waals surface area contributed by atoms with E-state index in [9.17, 15) is 4.79 Å². The minimum Gasteiger partial charge on any atom is -0.470 e. The molecule has 0 spiro atoms. The highest BCUT2D eigenvalue weighted by Gasteiger charge is 2.28. The van der Waals surface area contributed by atoms with E-state index in [4.69, 9.17) is 17.6 Å². The molecule has 1 N–H and O–H groups in total. The Balaban J connectivity index is 2.19. The summed E-state index contributed by atoms with van der Waals surface area (Å²) < 4.78 is 5.83. The summed E-state index contributed by atoms with van der Waals surface area (Å²) in [6, 6.07) is 7.16. The Bertz CT molecular complexity index is 946. The van der Waals surface area contributed by atoms with Crippen molar-refractivity contribution in [2.45, 2.75) is 17.9 Å². The number of nitrogens with one attached hydrogen (secondary N) is 1. The van der Waals surface area contributed by atoms with Gasteiger partial charge in [0.25, 0.3) is 5.91 Å². The maximum absolute atomic E-state index is 12.6. The van der Waals surface area contributed by atoms with Gasteiger partial charge in [0, 0.05) is 17.1 Å². The molecule has 0 saturated heterocycles. The van der Waals surface area contributed by atoms with Crippen LogP contribution in [0.1, 0.15) is 12.5 Å². The predicted molar refractivity (Wildman–Crippen MR) is 108 cm³/mol. The van der Waals surface area contributed by atoms with E-state index in [-0.39, 0.29) is 5.91 Å². The van der Waals surface area contributed by atoms with Crippen LogP contribution in [0.4, 0.5) is 0 Å². The topological polar surface area (TPSA) is 72.8 Å². The van der Waals surface area contributed by atoms with Gasteiger partial charge in [0.1, 0.15) is 18.4 Å². The molecule has 2 aromatic rings. The second kappa shape index (κ2) is 8.98. The molecule has 1 aromatic carbocycles. The Morgan fingerprint density at radius 2 is 2.22 bits per heavy atom. The quantitative estimate of drug-likeness (QED) is 0.345. The number of carbonyl (C=O) groups is 1. The van der Waals surface area contributed by atoms with Gasteiger partial charge in [-0.1, -0.05) is 17.0 Å². The second-order valence-corrected chi connectivity index (χ2v) is 6.56. The molecule has 0 aliphatic carbocycles. The van der Waals surface area contributed by atoms with Crippen molar-refractivity contribution < 1.29 is 14.4 Å². The number of pyridine rings is 1. The van der Waals surface area contributed by atoms with Crippen molar-refractivity contribution >= 4 is 34.8 Å². The van der Waals surface area contributed by atoms with Crippen LogP contribution in [-0.4, -0.2) is 41.4 Å². The minimum atomic E-state index is -1.10. The fourth-order valence-electron chi connectivity index (χ4n) is 2.17. The average Bonchev–Trinajstić information content (AvgIpc) is 2.69. The summed E-state index contributed by atoms with van der Waals surface area (Å²) >= 11 is 1.23. The average molecular weight is 381 g/mol. The molecule has 27 heavy (non-hydrogen) atoms. The standard InChI is InChI=1S/C20H19N3O3S/c1-6-14-10-15-11-16(8-9-17(15)21-12-14)26-19(27-5)18(24)23-20(3,7-2)13-22-25-4/h1-2,8-13,19H,3-5H3,(H,23,24). The first-order valence-corrected chi connectivity index (χ1v) is 9.17. The Morgan fingerprint density at radius 1 is 1.44 bits per heavy atom. The largest absolute Gasteiger partial charge is 0.470 e. The van der Waals surface area contributed by atoms with Crippen LogP contribution in [0, 0.1) is 24.7 Å². The van der Waals surface area contributed by atoms with E-state index in [2.05, 4.69) is 32.1 Å². The smallest absolute Gasteiger partial charge is 0.273 e. The molecule has 2 unspecified atom stereocenters. The van der Waals surface area contributed by atoms with Gasteiger partial charge in [-0.15, -0.1) is 24.6 Å². The van der Waals surface area contributed by atoms with Crippen molar-refractivity contribution in [3.8, 4) is 30.4 Å². The van der Waals surface area contributed by atoms with Crippen LogP contribution in [0.5, 0.6) is 5.75 Å². The molecule has 0 saturated carbocycles. The summed E-state index contributed by atoms with van der Waals surface area (Å²) in [5, 5.41) is 7.17. The van der Waals surface area contributed by atoms with E-state index in [1.54, 1.807) is 37.6 Å². The Labute approximate surface area is 162 Å². The number of thioether (sulfide) groups is 1. The highest BCUT2D eigenvalue weighted by Crippen LogP contribution is 2.23. The fraction of sp³-hybridized carbons (Fsp3) is 0.250. The molecular weight excluding hydrogens is 362 g/mol. The van der Waals surface area contributed by atoms with E-state index in [0.29, 0.717) is 11.3 Å². The minimum absolute atomic E-state index is 0.388. The van der Waals surface area contributed by atoms with Gasteiger partial charge in [-0.05, 0) is 37.4 Å². The third kappa shape index (κ3) is 5.16. The van der Waals surface area contributed by atoms with Crippen LogP contribution in [0.15, 0.2) is 35.6 Å². The summed E-state index contributed by atoms with van der Waals surface area (Å²) in [4.78, 5) is 21.5. The third-order valence-corrected chi connectivity index (χ3v) is 4.33. The van der Waals surface area contributed by atoms with E-state index in [1.165, 1.54) is 25.1 Å². The van der Waals surface area contributed by atoms with Crippen molar-refractivity contribution in [1.82, 2.24) is 10.3 Å². The zero-order chi connectivity index (χ0) is 19.9. The zero-order valence-corrected chi connectivity index (χ0v) is 16.0. The van der Waals surface area contributed by atoms with E-state index < -0.39 is 11.0 Å². The number of oxime groups is 1. The molecule has 138 valence electrons. The summed E-state index contributed by atoms with van der Waals surface area (Å²) in [6.45, 7) is 1.63. The maximum Gasteiger partial charge on any atom is 0.273 e. The van der Waals surface area contributed by atoms with Crippen LogP contribution >= 0.6 is 11.8 Å². The SMILES string of the molecule is C#Cc1cnc2ccc(OC(SC)C(=O)NC(C)(C#C)C=NOC)cc2c1. The van der Waals surface area contributed by atoms with Crippen LogP contribution in [0.3, 0.4) is 0 Å². The van der Waals surface area contributed by atoms with Gasteiger partial charge in [-0.25, -0.2) is 0 Å². The number of terminal acetylenes is 2. The summed E-state index contributed by atoms with van der Waals surface area (Å²) in [5.41, 5.74) is -0.461. The summed E-state index contributed by atoms with van der Waals surface area (Å²) in [6.07, 6.45) is 15.6. The van der Waals surface area contributed by atoms with Crippen LogP contribution in [0.2, 0.25) is 0 Å². The maximum atomic E-state index is 12.6. The zero-order valence-electron chi connectivity index (χ0n) is 15.2. The number of amides is 1. The van der Waals surface area contributed by atoms with Gasteiger partial charge in [0.05, 0.1) is 11.7 Å². The van der Waals surface area contributed by atoms with Gasteiger partial charge in [0.15, 0.2) is 0 Å². The van der Waals surface area contributed by atoms with Crippen LogP contribution in [0.25, 0.3) is 10.9 Å². The first-order valence-electron chi connectivity index (χ1n) is 7.88. The van der Waals surface area contributed by atoms with Crippen molar-refractivity contribution in [2.24, 2.45) is 5.16 Å². The van der Waals surface area contributed by atoms with Crippen molar-refractivity contribution in [1.29, 1.82) is 0 Å². The number of ether oxygens (including phenoxy) is 1. The molecule has 1 heterocycles. The number of nitrogens with zero attached hydrogens (tertiary/aromatic N) is 2. The molecule has 2 atom stereocenters. The second-order valence-electron chi connectivity index (χ2n) is 5.66. The first-order chi connectivity index (χ1) is 12.9. The molecule has 0 fully saturated rings. The number of hydrogen-bond donors (Lipinski definition) is 1. The molecule has 2 rings (SSSR count). The molecule has 1 amide bonds. The van der Waals surface area contributed by atoms with E-state index >= 15 is 0 Å². The van der Waals surface area contributed by atoms with Gasteiger partial charge in [-0.3, -0.25) is 9.78 Å². The normalized spacial score (nSPS) is 14.0. The molecular formula is C20H19N3O3S. The molecule has 0 radical (unpaired) electrons. The summed E-state index contributed by atoms with van der Waals surface area (Å²) in [5.74, 6) is 5.14. The Hall–Kier alpha value is -3.16. The van der Waals surface area contributed by atoms with Gasteiger partial charge < -0.3 is 14.9 Å². The lowest BCUT2D eigenvalue weighted by Gasteiger charge is -2.24. The molecule has 6 nitrogen and oxygen atoms in total. The number of hydrogen-bond acceptors (Lipinski definition) is 6. The Morgan fingerprint density at radius 3 is 2.85 bits per heavy atom. The number of benzene rings is 1. The van der Waals surface area contributed by atoms with Crippen LogP contribution < -0.4 is 10.1 Å². The number of aromatic nitrogens is 1. The van der Waals surface area contributed by atoms with Crippen molar-refractivity contribution in [2.75, 3.05) is 13.4 Å². The summed E-state index contributed by atoms with van der Waals surface area (Å²) in [7, 11) is 1.39. The third-order valence-electron chi connectivity index (χ3n) is 3.59. The predicted octanol–water partition coefficient (Wildman–Crippen LogP) is 2.42. The number of rotatable bonds is 7. The first kappa shape index (κ1) is 20.2. The van der Waals surface area contributed by atoms with Gasteiger partial charge in [-0.2, -0.15) is 0 Å². The molecule has 7 heteroatoms. The number of carbonyl (C=O) groups excluding carboxylic acids is 1. The van der Waals surface area contributed by atoms with E-state index in [0.717, 1.165) is 10.9 Å². The van der Waals surface area contributed by atoms with Gasteiger partial charge >= 0.3 is 0 Å². The number of fused-ring (bicyclic) bond motifs is 1. The van der Waals surface area contributed by atoms with E-state index in [1.807, 2.05) is 6.07 Å². The van der Waals surface area contributed by atoms with Crippen LogP contribution in [-0.2, 0) is 9.63 Å². The van der Waals surface area contributed by atoms with Crippen molar-refractivity contribution in [3.63, 3.8) is 0 Å². The highest BCUT2D eigenvalue weighted by molar-refractivity contribution is 7.99. The molecule has 0 aliphatic heterocycles. The monoisotopic (exact) mass is 381 g/mol. The lowest BCUT2D eigenvalue weighted by Crippen LogP contribution is -2.50. The van der Waals surface area contributed by atoms with Gasteiger partial charge in [0.2, 0.25) is 5.44 Å². The lowest BCUT2D eigenvalue weighted by molar-refractivity contribution is -0.125.